The number of rotatable bonds is 6. The lowest BCUT2D eigenvalue weighted by atomic mass is 10.0. The molecule has 3 rings (SSSR count). The third-order valence-electron chi connectivity index (χ3n) is 4.83. The lowest BCUT2D eigenvalue weighted by molar-refractivity contribution is -0.0756. The van der Waals surface area contributed by atoms with E-state index in [9.17, 15) is 4.79 Å². The Hall–Kier alpha value is -1.57. The molecule has 1 aromatic heterocycles. The molecule has 7 heteroatoms. The van der Waals surface area contributed by atoms with E-state index < -0.39 is 0 Å². The van der Waals surface area contributed by atoms with Gasteiger partial charge in [-0.25, -0.2) is 0 Å². The quantitative estimate of drug-likeness (QED) is 0.713. The fourth-order valence-electron chi connectivity index (χ4n) is 3.56. The van der Waals surface area contributed by atoms with E-state index in [2.05, 4.69) is 15.1 Å². The van der Waals surface area contributed by atoms with Crippen molar-refractivity contribution in [2.24, 2.45) is 5.92 Å². The van der Waals surface area contributed by atoms with Gasteiger partial charge in [0.2, 0.25) is 0 Å². The summed E-state index contributed by atoms with van der Waals surface area (Å²) >= 11 is 0. The molecule has 3 unspecified atom stereocenters. The summed E-state index contributed by atoms with van der Waals surface area (Å²) in [7, 11) is 4.08. The molecule has 1 aliphatic heterocycles. The maximum absolute atomic E-state index is 12.8. The molecule has 1 saturated carbocycles. The second kappa shape index (κ2) is 8.00. The molecule has 3 atom stereocenters. The fraction of sp³-hybridized carbons (Fsp3) is 0.706. The van der Waals surface area contributed by atoms with E-state index in [1.54, 1.807) is 12.3 Å². The number of ether oxygens (including phenoxy) is 2. The first-order valence-electron chi connectivity index (χ1n) is 8.58. The summed E-state index contributed by atoms with van der Waals surface area (Å²) < 4.78 is 11.8. The van der Waals surface area contributed by atoms with Gasteiger partial charge in [0, 0.05) is 19.0 Å². The molecule has 0 bridgehead atoms. The predicted octanol–water partition coefficient (Wildman–Crippen LogP) is 0.674. The van der Waals surface area contributed by atoms with Crippen molar-refractivity contribution < 1.29 is 14.3 Å². The average Bonchev–Trinajstić information content (AvgIpc) is 3.02. The number of hydrogen-bond donors (Lipinski definition) is 0. The summed E-state index contributed by atoms with van der Waals surface area (Å²) in [4.78, 5) is 16.8. The van der Waals surface area contributed by atoms with Crippen LogP contribution in [0.15, 0.2) is 18.5 Å². The molecule has 2 aliphatic rings. The summed E-state index contributed by atoms with van der Waals surface area (Å²) in [6, 6.07) is 1.86. The Kier molecular flexibility index (Phi) is 5.76. The van der Waals surface area contributed by atoms with Crippen LogP contribution < -0.4 is 0 Å². The van der Waals surface area contributed by atoms with E-state index in [4.69, 9.17) is 9.47 Å². The number of nitrogens with zero attached hydrogens (tertiary/aromatic N) is 4. The van der Waals surface area contributed by atoms with Crippen LogP contribution in [0, 0.1) is 5.92 Å². The number of fused-ring (bicyclic) bond motifs is 1. The number of carbonyl (C=O) groups excluding carboxylic acids is 1. The van der Waals surface area contributed by atoms with Gasteiger partial charge in [0.25, 0.3) is 5.91 Å². The third-order valence-corrected chi connectivity index (χ3v) is 4.83. The third kappa shape index (κ3) is 3.91. The molecule has 1 aromatic rings. The van der Waals surface area contributed by atoms with Gasteiger partial charge in [-0.15, -0.1) is 0 Å². The Balaban J connectivity index is 1.58. The lowest BCUT2D eigenvalue weighted by Crippen LogP contribution is -2.53. The first kappa shape index (κ1) is 17.3. The van der Waals surface area contributed by atoms with Gasteiger partial charge < -0.3 is 19.3 Å². The fourth-order valence-corrected chi connectivity index (χ4v) is 3.56. The van der Waals surface area contributed by atoms with E-state index in [0.717, 1.165) is 26.0 Å². The highest BCUT2D eigenvalue weighted by Gasteiger charge is 2.44. The summed E-state index contributed by atoms with van der Waals surface area (Å²) in [6.07, 6.45) is 5.17. The number of carbonyl (C=O) groups is 1. The second-order valence-electron chi connectivity index (χ2n) is 6.75. The highest BCUT2D eigenvalue weighted by molar-refractivity contribution is 5.94. The Morgan fingerprint density at radius 1 is 1.42 bits per heavy atom. The predicted molar refractivity (Wildman–Crippen MR) is 88.7 cm³/mol. The van der Waals surface area contributed by atoms with E-state index in [0.29, 0.717) is 31.2 Å². The molecule has 0 spiro atoms. The molecule has 0 aromatic carbocycles. The van der Waals surface area contributed by atoms with Gasteiger partial charge in [-0.1, -0.05) is 0 Å². The van der Waals surface area contributed by atoms with Crippen molar-refractivity contribution in [3.8, 4) is 0 Å². The minimum atomic E-state index is 0.0253. The number of likely N-dealkylation sites (N-methyl/N-ethyl adjacent to an activating group) is 1. The molecule has 0 radical (unpaired) electrons. The normalized spacial score (nSPS) is 26.6. The van der Waals surface area contributed by atoms with Crippen LogP contribution in [0.1, 0.15) is 23.2 Å². The van der Waals surface area contributed by atoms with Crippen molar-refractivity contribution in [2.45, 2.75) is 25.0 Å². The minimum absolute atomic E-state index is 0.0253. The van der Waals surface area contributed by atoms with Gasteiger partial charge in [-0.2, -0.15) is 10.2 Å². The van der Waals surface area contributed by atoms with Gasteiger partial charge in [-0.3, -0.25) is 4.79 Å². The number of aromatic nitrogens is 2. The van der Waals surface area contributed by atoms with Crippen LogP contribution in [0.2, 0.25) is 0 Å². The average molecular weight is 334 g/mol. The van der Waals surface area contributed by atoms with Crippen LogP contribution >= 0.6 is 0 Å². The molecule has 1 amide bonds. The number of amides is 1. The molecule has 2 heterocycles. The molecular weight excluding hydrogens is 308 g/mol. The summed E-state index contributed by atoms with van der Waals surface area (Å²) in [5.74, 6) is 0.390. The van der Waals surface area contributed by atoms with Crippen LogP contribution in [0.4, 0.5) is 0 Å². The minimum Gasteiger partial charge on any atom is -0.380 e. The highest BCUT2D eigenvalue weighted by Crippen LogP contribution is 2.35. The van der Waals surface area contributed by atoms with Crippen LogP contribution in [0.5, 0.6) is 0 Å². The van der Waals surface area contributed by atoms with E-state index in [1.807, 2.05) is 19.0 Å². The molecule has 0 N–H and O–H groups in total. The van der Waals surface area contributed by atoms with Crippen LogP contribution in [-0.4, -0.2) is 85.1 Å². The van der Waals surface area contributed by atoms with E-state index >= 15 is 0 Å². The Morgan fingerprint density at radius 3 is 3.04 bits per heavy atom. The van der Waals surface area contributed by atoms with E-state index in [1.165, 1.54) is 6.20 Å². The Bertz CT molecular complexity index is 540. The summed E-state index contributed by atoms with van der Waals surface area (Å²) in [5, 5.41) is 7.55. The number of hydrogen-bond acceptors (Lipinski definition) is 6. The SMILES string of the molecule is CN(C)CCOCC1CCC2C1OCCN2C(=O)c1ccnnc1. The van der Waals surface area contributed by atoms with Gasteiger partial charge >= 0.3 is 0 Å². The van der Waals surface area contributed by atoms with Crippen molar-refractivity contribution in [3.63, 3.8) is 0 Å². The first-order chi connectivity index (χ1) is 11.7. The smallest absolute Gasteiger partial charge is 0.255 e. The maximum Gasteiger partial charge on any atom is 0.255 e. The Labute approximate surface area is 142 Å². The molecule has 24 heavy (non-hydrogen) atoms. The summed E-state index contributed by atoms with van der Waals surface area (Å²) in [5.41, 5.74) is 0.594. The van der Waals surface area contributed by atoms with Gasteiger partial charge in [0.15, 0.2) is 0 Å². The zero-order chi connectivity index (χ0) is 16.9. The second-order valence-corrected chi connectivity index (χ2v) is 6.75. The van der Waals surface area contributed by atoms with Gasteiger partial charge in [0.1, 0.15) is 0 Å². The first-order valence-corrected chi connectivity index (χ1v) is 8.58. The van der Waals surface area contributed by atoms with Crippen molar-refractivity contribution in [1.29, 1.82) is 0 Å². The topological polar surface area (TPSA) is 67.8 Å². The van der Waals surface area contributed by atoms with Crippen LogP contribution in [0.3, 0.4) is 0 Å². The van der Waals surface area contributed by atoms with Crippen molar-refractivity contribution in [3.05, 3.63) is 24.0 Å². The molecule has 2 fully saturated rings. The zero-order valence-corrected chi connectivity index (χ0v) is 14.4. The standard InChI is InChI=1S/C17H26N4O3/c1-20(2)7-9-23-12-14-3-4-15-16(14)24-10-8-21(15)17(22)13-5-6-18-19-11-13/h5-6,11,14-16H,3-4,7-10,12H2,1-2H3. The molecule has 7 nitrogen and oxygen atoms in total. The molecule has 132 valence electrons. The van der Waals surface area contributed by atoms with Gasteiger partial charge in [-0.05, 0) is 33.0 Å². The molecular formula is C17H26N4O3. The van der Waals surface area contributed by atoms with Crippen molar-refractivity contribution in [2.75, 3.05) is 47.0 Å². The van der Waals surface area contributed by atoms with Crippen LogP contribution in [-0.2, 0) is 9.47 Å². The van der Waals surface area contributed by atoms with Gasteiger partial charge in [0.05, 0.1) is 49.9 Å². The van der Waals surface area contributed by atoms with E-state index in [-0.39, 0.29) is 18.1 Å². The Morgan fingerprint density at radius 2 is 2.29 bits per heavy atom. The van der Waals surface area contributed by atoms with Crippen molar-refractivity contribution in [1.82, 2.24) is 20.0 Å². The highest BCUT2D eigenvalue weighted by atomic mass is 16.5. The lowest BCUT2D eigenvalue weighted by Gasteiger charge is -2.39. The zero-order valence-electron chi connectivity index (χ0n) is 14.4. The molecule has 1 saturated heterocycles. The van der Waals surface area contributed by atoms with Crippen LogP contribution in [0.25, 0.3) is 0 Å². The monoisotopic (exact) mass is 334 g/mol. The maximum atomic E-state index is 12.8. The molecule has 1 aliphatic carbocycles. The number of morpholine rings is 1. The largest absolute Gasteiger partial charge is 0.380 e. The summed E-state index contributed by atoms with van der Waals surface area (Å²) in [6.45, 7) is 3.57. The van der Waals surface area contributed by atoms with Crippen molar-refractivity contribution >= 4 is 5.91 Å².